The number of fused-ring (bicyclic) bond motifs is 1. The van der Waals surface area contributed by atoms with Crippen LogP contribution in [0, 0.1) is 6.92 Å². The van der Waals surface area contributed by atoms with E-state index < -0.39 is 0 Å². The van der Waals surface area contributed by atoms with Gasteiger partial charge in [0, 0.05) is 22.5 Å². The number of aromatic nitrogens is 1. The van der Waals surface area contributed by atoms with E-state index in [1.54, 1.807) is 12.1 Å². The first-order valence-corrected chi connectivity index (χ1v) is 6.19. The molecule has 2 aromatic carbocycles. The third-order valence-electron chi connectivity index (χ3n) is 2.92. The standard InChI is InChI=1S/C14H12ClN3O/c1-8-10(15)3-2-4-11(8)17-14-18-12-6-5-9(16)7-13(12)19-14/h2-7H,16H2,1H3,(H,17,18). The number of nitrogens with one attached hydrogen (secondary N) is 1. The summed E-state index contributed by atoms with van der Waals surface area (Å²) >= 11 is 6.07. The predicted octanol–water partition coefficient (Wildman–Crippen LogP) is 4.12. The molecule has 0 fully saturated rings. The number of hydrogen-bond donors (Lipinski definition) is 2. The molecule has 3 rings (SSSR count). The van der Waals surface area contributed by atoms with Crippen molar-refractivity contribution in [2.24, 2.45) is 0 Å². The van der Waals surface area contributed by atoms with Gasteiger partial charge < -0.3 is 15.5 Å². The molecule has 96 valence electrons. The molecule has 0 saturated heterocycles. The zero-order valence-electron chi connectivity index (χ0n) is 10.3. The van der Waals surface area contributed by atoms with Crippen molar-refractivity contribution in [3.63, 3.8) is 0 Å². The van der Waals surface area contributed by atoms with Gasteiger partial charge in [0.2, 0.25) is 0 Å². The number of nitrogens with two attached hydrogens (primary N) is 1. The van der Waals surface area contributed by atoms with Gasteiger partial charge in [-0.25, -0.2) is 0 Å². The topological polar surface area (TPSA) is 64.1 Å². The van der Waals surface area contributed by atoms with E-state index in [1.807, 2.05) is 31.2 Å². The third-order valence-corrected chi connectivity index (χ3v) is 3.33. The van der Waals surface area contributed by atoms with Crippen LogP contribution in [0.15, 0.2) is 40.8 Å². The van der Waals surface area contributed by atoms with Gasteiger partial charge in [0.1, 0.15) is 5.52 Å². The van der Waals surface area contributed by atoms with Crippen molar-refractivity contribution in [3.8, 4) is 0 Å². The van der Waals surface area contributed by atoms with Gasteiger partial charge in [0.05, 0.1) is 0 Å². The Bertz CT molecular complexity index is 752. The van der Waals surface area contributed by atoms with Gasteiger partial charge >= 0.3 is 0 Å². The molecule has 0 atom stereocenters. The Morgan fingerprint density at radius 3 is 2.95 bits per heavy atom. The maximum Gasteiger partial charge on any atom is 0.300 e. The lowest BCUT2D eigenvalue weighted by Gasteiger charge is -2.06. The lowest BCUT2D eigenvalue weighted by molar-refractivity contribution is 0.623. The number of rotatable bonds is 2. The maximum absolute atomic E-state index is 6.07. The zero-order chi connectivity index (χ0) is 13.4. The molecule has 5 heteroatoms. The van der Waals surface area contributed by atoms with Crippen LogP contribution >= 0.6 is 11.6 Å². The first-order chi connectivity index (χ1) is 9.13. The summed E-state index contributed by atoms with van der Waals surface area (Å²) in [6.45, 7) is 1.94. The van der Waals surface area contributed by atoms with Crippen LogP contribution in [0.25, 0.3) is 11.1 Å². The molecule has 0 radical (unpaired) electrons. The van der Waals surface area contributed by atoms with Gasteiger partial charge in [0.25, 0.3) is 6.01 Å². The Balaban J connectivity index is 1.99. The molecule has 0 aliphatic rings. The molecular formula is C14H12ClN3O. The predicted molar refractivity (Wildman–Crippen MR) is 77.9 cm³/mol. The molecule has 3 aromatic rings. The fourth-order valence-electron chi connectivity index (χ4n) is 1.85. The summed E-state index contributed by atoms with van der Waals surface area (Å²) in [5.41, 5.74) is 9.58. The molecule has 4 nitrogen and oxygen atoms in total. The van der Waals surface area contributed by atoms with E-state index in [2.05, 4.69) is 10.3 Å². The Morgan fingerprint density at radius 2 is 2.11 bits per heavy atom. The number of oxazole rings is 1. The van der Waals surface area contributed by atoms with E-state index in [1.165, 1.54) is 0 Å². The molecular weight excluding hydrogens is 262 g/mol. The van der Waals surface area contributed by atoms with E-state index in [9.17, 15) is 0 Å². The first-order valence-electron chi connectivity index (χ1n) is 5.82. The highest BCUT2D eigenvalue weighted by Crippen LogP contribution is 2.28. The number of benzene rings is 2. The average molecular weight is 274 g/mol. The molecule has 0 unspecified atom stereocenters. The average Bonchev–Trinajstić information content (AvgIpc) is 2.76. The number of halogens is 1. The summed E-state index contributed by atoms with van der Waals surface area (Å²) < 4.78 is 5.60. The van der Waals surface area contributed by atoms with Crippen LogP contribution in [0.5, 0.6) is 0 Å². The summed E-state index contributed by atoms with van der Waals surface area (Å²) in [7, 11) is 0. The molecule has 1 heterocycles. The van der Waals surface area contributed by atoms with Gasteiger partial charge in [-0.3, -0.25) is 0 Å². The quantitative estimate of drug-likeness (QED) is 0.690. The van der Waals surface area contributed by atoms with Crippen LogP contribution in [-0.2, 0) is 0 Å². The monoisotopic (exact) mass is 273 g/mol. The lowest BCUT2D eigenvalue weighted by atomic mass is 10.2. The third kappa shape index (κ3) is 2.22. The number of anilines is 3. The summed E-state index contributed by atoms with van der Waals surface area (Å²) in [6, 6.07) is 11.4. The summed E-state index contributed by atoms with van der Waals surface area (Å²) in [4.78, 5) is 4.34. The van der Waals surface area contributed by atoms with Gasteiger partial charge in [-0.15, -0.1) is 0 Å². The molecule has 0 bridgehead atoms. The fraction of sp³-hybridized carbons (Fsp3) is 0.0714. The normalized spacial score (nSPS) is 10.8. The Morgan fingerprint density at radius 1 is 1.26 bits per heavy atom. The van der Waals surface area contributed by atoms with Gasteiger partial charge in [-0.05, 0) is 36.8 Å². The highest BCUT2D eigenvalue weighted by atomic mass is 35.5. The van der Waals surface area contributed by atoms with E-state index in [-0.39, 0.29) is 0 Å². The van der Waals surface area contributed by atoms with Crippen molar-refractivity contribution < 1.29 is 4.42 Å². The highest BCUT2D eigenvalue weighted by Gasteiger charge is 2.08. The maximum atomic E-state index is 6.07. The SMILES string of the molecule is Cc1c(Cl)cccc1Nc1nc2ccc(N)cc2o1. The van der Waals surface area contributed by atoms with E-state index in [0.29, 0.717) is 22.3 Å². The minimum atomic E-state index is 0.422. The summed E-state index contributed by atoms with van der Waals surface area (Å²) in [5, 5.41) is 3.82. The van der Waals surface area contributed by atoms with Crippen LogP contribution in [0.3, 0.4) is 0 Å². The number of nitrogens with zero attached hydrogens (tertiary/aromatic N) is 1. The van der Waals surface area contributed by atoms with Crippen molar-refractivity contribution in [2.45, 2.75) is 6.92 Å². The van der Waals surface area contributed by atoms with Crippen molar-refractivity contribution in [1.29, 1.82) is 0 Å². The van der Waals surface area contributed by atoms with Crippen molar-refractivity contribution in [1.82, 2.24) is 4.98 Å². The van der Waals surface area contributed by atoms with E-state index in [4.69, 9.17) is 21.8 Å². The van der Waals surface area contributed by atoms with Gasteiger partial charge in [-0.2, -0.15) is 4.98 Å². The van der Waals surface area contributed by atoms with Crippen LogP contribution in [0.4, 0.5) is 17.4 Å². The molecule has 0 spiro atoms. The van der Waals surface area contributed by atoms with E-state index in [0.717, 1.165) is 16.8 Å². The number of hydrogen-bond acceptors (Lipinski definition) is 4. The second-order valence-electron chi connectivity index (χ2n) is 4.28. The first kappa shape index (κ1) is 11.9. The molecule has 1 aromatic heterocycles. The lowest BCUT2D eigenvalue weighted by Crippen LogP contribution is -1.93. The largest absolute Gasteiger partial charge is 0.423 e. The molecule has 0 aliphatic heterocycles. The van der Waals surface area contributed by atoms with Crippen LogP contribution in [-0.4, -0.2) is 4.98 Å². The Hall–Kier alpha value is -2.20. The highest BCUT2D eigenvalue weighted by molar-refractivity contribution is 6.31. The van der Waals surface area contributed by atoms with Crippen LogP contribution in [0.2, 0.25) is 5.02 Å². The smallest absolute Gasteiger partial charge is 0.300 e. The minimum Gasteiger partial charge on any atom is -0.423 e. The minimum absolute atomic E-state index is 0.422. The van der Waals surface area contributed by atoms with Crippen molar-refractivity contribution >= 4 is 40.1 Å². The van der Waals surface area contributed by atoms with Crippen LogP contribution in [0.1, 0.15) is 5.56 Å². The molecule has 3 N–H and O–H groups in total. The van der Waals surface area contributed by atoms with E-state index >= 15 is 0 Å². The molecule has 0 saturated carbocycles. The summed E-state index contributed by atoms with van der Waals surface area (Å²) in [6.07, 6.45) is 0. The molecule has 0 aliphatic carbocycles. The zero-order valence-corrected chi connectivity index (χ0v) is 11.0. The van der Waals surface area contributed by atoms with Crippen molar-refractivity contribution in [3.05, 3.63) is 47.0 Å². The van der Waals surface area contributed by atoms with Crippen molar-refractivity contribution in [2.75, 3.05) is 11.1 Å². The molecule has 0 amide bonds. The number of nitrogen functional groups attached to an aromatic ring is 1. The fourth-order valence-corrected chi connectivity index (χ4v) is 2.03. The second kappa shape index (κ2) is 4.48. The Kier molecular flexibility index (Phi) is 2.80. The second-order valence-corrected chi connectivity index (χ2v) is 4.69. The Labute approximate surface area is 115 Å². The van der Waals surface area contributed by atoms with Gasteiger partial charge in [0.15, 0.2) is 5.58 Å². The van der Waals surface area contributed by atoms with Gasteiger partial charge in [-0.1, -0.05) is 17.7 Å². The molecule has 19 heavy (non-hydrogen) atoms. The van der Waals surface area contributed by atoms with Crippen LogP contribution < -0.4 is 11.1 Å². The summed E-state index contributed by atoms with van der Waals surface area (Å²) in [5.74, 6) is 0.